The first kappa shape index (κ1) is 31.6. The van der Waals surface area contributed by atoms with Crippen molar-refractivity contribution in [3.05, 3.63) is 81.3 Å². The number of halogens is 5. The van der Waals surface area contributed by atoms with Crippen LogP contribution in [0.5, 0.6) is 0 Å². The van der Waals surface area contributed by atoms with E-state index in [4.69, 9.17) is 4.74 Å². The second kappa shape index (κ2) is 11.9. The lowest BCUT2D eigenvalue weighted by molar-refractivity contribution is -0.167. The average molecular weight is 635 g/mol. The first-order chi connectivity index (χ1) is 21.2. The number of hydrogen-bond acceptors (Lipinski definition) is 7. The normalized spacial score (nSPS) is 16.2. The van der Waals surface area contributed by atoms with Crippen molar-refractivity contribution in [2.75, 3.05) is 24.7 Å². The minimum absolute atomic E-state index is 0.110. The van der Waals surface area contributed by atoms with Crippen LogP contribution in [0.25, 0.3) is 16.9 Å². The number of hydrogen-bond donors (Lipinski definition) is 2. The molecule has 5 rings (SSSR count). The molecule has 0 radical (unpaired) electrons. The zero-order valence-electron chi connectivity index (χ0n) is 24.2. The van der Waals surface area contributed by atoms with E-state index in [1.54, 1.807) is 20.9 Å². The third-order valence-corrected chi connectivity index (χ3v) is 7.81. The van der Waals surface area contributed by atoms with Gasteiger partial charge in [-0.2, -0.15) is 13.2 Å². The van der Waals surface area contributed by atoms with Crippen molar-refractivity contribution in [1.29, 1.82) is 0 Å². The van der Waals surface area contributed by atoms with Gasteiger partial charge < -0.3 is 29.0 Å². The van der Waals surface area contributed by atoms with E-state index in [2.05, 4.69) is 15.3 Å². The Morgan fingerprint density at radius 2 is 1.87 bits per heavy atom. The Morgan fingerprint density at radius 1 is 1.18 bits per heavy atom. The third-order valence-electron chi connectivity index (χ3n) is 7.81. The predicted molar refractivity (Wildman–Crippen MR) is 150 cm³/mol. The Kier molecular flexibility index (Phi) is 8.35. The minimum atomic E-state index is -4.75. The predicted octanol–water partition coefficient (Wildman–Crippen LogP) is 3.18. The summed E-state index contributed by atoms with van der Waals surface area (Å²) in [7, 11) is 1.61. The number of aromatic nitrogens is 4. The monoisotopic (exact) mass is 634 g/mol. The molecule has 0 unspecified atom stereocenters. The minimum Gasteiger partial charge on any atom is -0.480 e. The summed E-state index contributed by atoms with van der Waals surface area (Å²) in [5.74, 6) is -5.88. The maximum absolute atomic E-state index is 15.1. The molecule has 238 valence electrons. The van der Waals surface area contributed by atoms with Gasteiger partial charge >= 0.3 is 12.1 Å². The van der Waals surface area contributed by atoms with Gasteiger partial charge in [-0.25, -0.2) is 23.5 Å². The number of rotatable bonds is 7. The van der Waals surface area contributed by atoms with E-state index in [0.717, 1.165) is 4.90 Å². The highest BCUT2D eigenvalue weighted by molar-refractivity contribution is 5.97. The van der Waals surface area contributed by atoms with Gasteiger partial charge in [-0.1, -0.05) is 0 Å². The second-order valence-corrected chi connectivity index (χ2v) is 10.5. The maximum Gasteiger partial charge on any atom is 0.411 e. The Hall–Kier alpha value is -4.86. The van der Waals surface area contributed by atoms with Gasteiger partial charge in [0.15, 0.2) is 0 Å². The van der Waals surface area contributed by atoms with E-state index in [-0.39, 0.29) is 36.5 Å². The number of carboxylic acids is 1. The number of imidazole rings is 1. The number of carbonyl (C=O) groups excluding carboxylic acids is 1. The zero-order chi connectivity index (χ0) is 32.8. The molecule has 4 heterocycles. The summed E-state index contributed by atoms with van der Waals surface area (Å²) in [6.45, 7) is 2.35. The van der Waals surface area contributed by atoms with Gasteiger partial charge in [-0.15, -0.1) is 0 Å². The third kappa shape index (κ3) is 5.96. The number of morpholine rings is 1. The fraction of sp³-hybridized carbons (Fsp3) is 0.345. The standard InChI is InChI=1S/C29H27F5N6O5/c1-14-15(2)38(3)27(42)24(36-14)18-5-4-16(40-7-6-35-25(18)40)12-21(28(43)44)37-26(41)23-19(30)10-17(11-20(23)31)39-8-9-45-13-22(39)29(32,33)34/h4-7,10-11,21-22H,8-9,12-13H2,1-3H3,(H,37,41)(H,43,44)/t21-,22+/m0/s1. The molecule has 2 atom stereocenters. The first-order valence-corrected chi connectivity index (χ1v) is 13.6. The van der Waals surface area contributed by atoms with Crippen molar-refractivity contribution in [2.24, 2.45) is 7.05 Å². The number of amides is 1. The van der Waals surface area contributed by atoms with Crippen LogP contribution in [-0.4, -0.2) is 73.9 Å². The lowest BCUT2D eigenvalue weighted by Gasteiger charge is -2.38. The number of ether oxygens (including phenoxy) is 1. The molecular weight excluding hydrogens is 607 g/mol. The molecule has 1 saturated heterocycles. The molecule has 0 spiro atoms. The van der Waals surface area contributed by atoms with E-state index in [1.165, 1.54) is 33.5 Å². The van der Waals surface area contributed by atoms with Crippen LogP contribution in [0.3, 0.4) is 0 Å². The van der Waals surface area contributed by atoms with Crippen molar-refractivity contribution in [1.82, 2.24) is 24.3 Å². The number of nitrogens with zero attached hydrogens (tertiary/aromatic N) is 5. The van der Waals surface area contributed by atoms with Gasteiger partial charge in [0.1, 0.15) is 40.6 Å². The quantitative estimate of drug-likeness (QED) is 0.297. The molecule has 4 aromatic rings. The summed E-state index contributed by atoms with van der Waals surface area (Å²) in [4.78, 5) is 47.5. The molecule has 3 aromatic heterocycles. The average Bonchev–Trinajstić information content (AvgIpc) is 3.47. The smallest absolute Gasteiger partial charge is 0.411 e. The Bertz CT molecular complexity index is 1850. The lowest BCUT2D eigenvalue weighted by Crippen LogP contribution is -2.53. The molecule has 0 aliphatic carbocycles. The zero-order valence-corrected chi connectivity index (χ0v) is 24.2. The van der Waals surface area contributed by atoms with Gasteiger partial charge in [0.05, 0.1) is 18.9 Å². The molecule has 0 bridgehead atoms. The molecular formula is C29H27F5N6O5. The lowest BCUT2D eigenvalue weighted by atomic mass is 10.1. The summed E-state index contributed by atoms with van der Waals surface area (Å²) >= 11 is 0. The Labute approximate surface area is 251 Å². The van der Waals surface area contributed by atoms with Crippen molar-refractivity contribution < 1.29 is 41.4 Å². The van der Waals surface area contributed by atoms with Gasteiger partial charge in [-0.05, 0) is 38.1 Å². The van der Waals surface area contributed by atoms with Crippen molar-refractivity contribution in [3.63, 3.8) is 0 Å². The van der Waals surface area contributed by atoms with Gasteiger partial charge in [0.25, 0.3) is 11.5 Å². The highest BCUT2D eigenvalue weighted by atomic mass is 19.4. The van der Waals surface area contributed by atoms with Gasteiger partial charge in [0.2, 0.25) is 0 Å². The van der Waals surface area contributed by atoms with Crippen LogP contribution in [-0.2, 0) is 23.0 Å². The first-order valence-electron chi connectivity index (χ1n) is 13.6. The van der Waals surface area contributed by atoms with Crippen molar-refractivity contribution in [2.45, 2.75) is 38.5 Å². The second-order valence-electron chi connectivity index (χ2n) is 10.5. The summed E-state index contributed by atoms with van der Waals surface area (Å²) in [6.07, 6.45) is -2.18. The van der Waals surface area contributed by atoms with Crippen LogP contribution in [0.2, 0.25) is 0 Å². The molecule has 0 saturated carbocycles. The Morgan fingerprint density at radius 3 is 2.51 bits per heavy atom. The summed E-state index contributed by atoms with van der Waals surface area (Å²) in [5, 5.41) is 12.0. The Balaban J connectivity index is 1.42. The maximum atomic E-state index is 15.1. The van der Waals surface area contributed by atoms with Crippen molar-refractivity contribution in [3.8, 4) is 11.3 Å². The number of anilines is 1. The number of carbonyl (C=O) groups is 2. The number of nitrogens with one attached hydrogen (secondary N) is 1. The van der Waals surface area contributed by atoms with Gasteiger partial charge in [0, 0.05) is 55.0 Å². The van der Waals surface area contributed by atoms with E-state index in [9.17, 15) is 32.7 Å². The SMILES string of the molecule is Cc1nc(-c2ccc(C[C@H](NC(=O)c3c(F)cc(N4CCOC[C@@H]4C(F)(F)F)cc3F)C(=O)O)n3ccnc23)c(=O)n(C)c1C. The summed E-state index contributed by atoms with van der Waals surface area (Å²) in [5.41, 5.74) is 0.426. The summed E-state index contributed by atoms with van der Waals surface area (Å²) < 4.78 is 78.4. The van der Waals surface area contributed by atoms with Crippen LogP contribution in [0.1, 0.15) is 27.4 Å². The molecule has 1 amide bonds. The van der Waals surface area contributed by atoms with Crippen LogP contribution in [0, 0.1) is 25.5 Å². The molecule has 1 aliphatic rings. The molecule has 2 N–H and O–H groups in total. The van der Waals surface area contributed by atoms with Crippen LogP contribution in [0.15, 0.2) is 41.5 Å². The number of alkyl halides is 3. The summed E-state index contributed by atoms with van der Waals surface area (Å²) in [6, 6.07) is 0.398. The number of pyridine rings is 1. The van der Waals surface area contributed by atoms with E-state index in [0.29, 0.717) is 34.8 Å². The molecule has 11 nitrogen and oxygen atoms in total. The highest BCUT2D eigenvalue weighted by Crippen LogP contribution is 2.33. The van der Waals surface area contributed by atoms with E-state index in [1.807, 2.05) is 0 Å². The van der Waals surface area contributed by atoms with Crippen LogP contribution < -0.4 is 15.8 Å². The van der Waals surface area contributed by atoms with E-state index >= 15 is 8.78 Å². The topological polar surface area (TPSA) is 131 Å². The number of carboxylic acid groups (broad SMARTS) is 1. The fourth-order valence-electron chi connectivity index (χ4n) is 5.21. The highest BCUT2D eigenvalue weighted by Gasteiger charge is 2.46. The molecule has 16 heteroatoms. The number of aliphatic carboxylic acids is 1. The van der Waals surface area contributed by atoms with Gasteiger partial charge in [-0.3, -0.25) is 9.59 Å². The van der Waals surface area contributed by atoms with E-state index < -0.39 is 59.6 Å². The number of benzene rings is 1. The largest absolute Gasteiger partial charge is 0.480 e. The molecule has 1 aromatic carbocycles. The van der Waals surface area contributed by atoms with Crippen LogP contribution in [0.4, 0.5) is 27.6 Å². The number of fused-ring (bicyclic) bond motifs is 1. The molecule has 1 aliphatic heterocycles. The van der Waals surface area contributed by atoms with Crippen LogP contribution >= 0.6 is 0 Å². The van der Waals surface area contributed by atoms with Crippen molar-refractivity contribution >= 4 is 23.2 Å². The fourth-order valence-corrected chi connectivity index (χ4v) is 5.21. The molecule has 45 heavy (non-hydrogen) atoms. The molecule has 1 fully saturated rings. The number of aryl methyl sites for hydroxylation is 1.